The van der Waals surface area contributed by atoms with Crippen LogP contribution >= 0.6 is 11.3 Å². The molecule has 11 aromatic carbocycles. The van der Waals surface area contributed by atoms with Gasteiger partial charge in [-0.2, -0.15) is 0 Å². The highest BCUT2D eigenvalue weighted by Crippen LogP contribution is 2.51. The highest BCUT2D eigenvalue weighted by molar-refractivity contribution is 7.09. The van der Waals surface area contributed by atoms with E-state index in [-0.39, 0.29) is 19.4 Å². The van der Waals surface area contributed by atoms with E-state index in [1.807, 2.05) is 169 Å². The highest BCUT2D eigenvalue weighted by Gasteiger charge is 2.40. The molecule has 17 rings (SSSR count). The molecule has 4 aliphatic rings. The molecule has 2 atom stereocenters. The van der Waals surface area contributed by atoms with E-state index < -0.39 is 0 Å². The zero-order valence-electron chi connectivity index (χ0n) is 85.2. The molecule has 1 fully saturated rings. The van der Waals surface area contributed by atoms with E-state index in [2.05, 4.69) is 283 Å². The summed E-state index contributed by atoms with van der Waals surface area (Å²) in [5, 5.41) is 2.15. The lowest BCUT2D eigenvalue weighted by Gasteiger charge is -2.21. The van der Waals surface area contributed by atoms with Crippen LogP contribution in [-0.2, 0) is 46.5 Å². The van der Waals surface area contributed by atoms with Crippen molar-refractivity contribution in [3.63, 3.8) is 0 Å². The Morgan fingerprint density at radius 1 is 0.426 bits per heavy atom. The molecular weight excluding hydrogens is 1690 g/mol. The molecule has 11 heteroatoms. The molecule has 10 nitrogen and oxygen atoms in total. The summed E-state index contributed by atoms with van der Waals surface area (Å²) in [4.78, 5) is 24.3. The molecule has 0 bridgehead atoms. The molecule has 2 aromatic heterocycles. The first kappa shape index (κ1) is 112. The van der Waals surface area contributed by atoms with Crippen molar-refractivity contribution < 1.29 is 47.2 Å². The Labute approximate surface area is 823 Å². The second-order valence-electron chi connectivity index (χ2n) is 38.3. The molecule has 0 spiro atoms. The molecule has 13 aromatic rings. The third-order valence-electron chi connectivity index (χ3n) is 24.2. The summed E-state index contributed by atoms with van der Waals surface area (Å²) in [6.45, 7) is 48.8. The monoisotopic (exact) mass is 1850 g/mol. The largest absolute Gasteiger partial charge is 0.465 e. The molecule has 726 valence electrons. The third-order valence-corrected chi connectivity index (χ3v) is 25.1. The van der Waals surface area contributed by atoms with Crippen molar-refractivity contribution in [3.05, 3.63) is 391 Å². The topological polar surface area (TPSA) is 112 Å². The number of furan rings is 1. The van der Waals surface area contributed by atoms with Crippen LogP contribution < -0.4 is 18.9 Å². The summed E-state index contributed by atoms with van der Waals surface area (Å²) in [5.74, 6) is 13.7. The number of benzene rings is 11. The van der Waals surface area contributed by atoms with Crippen LogP contribution in [0.3, 0.4) is 0 Å². The van der Waals surface area contributed by atoms with Crippen molar-refractivity contribution in [2.24, 2.45) is 17.8 Å². The van der Waals surface area contributed by atoms with Gasteiger partial charge in [0.1, 0.15) is 28.8 Å². The minimum absolute atomic E-state index is 0. The average Bonchev–Trinajstić information content (AvgIpc) is 1.64. The average molecular weight is 1850 g/mol. The van der Waals surface area contributed by atoms with Crippen molar-refractivity contribution in [2.45, 2.75) is 277 Å². The maximum Gasteiger partial charge on any atom is 0.338 e. The first-order chi connectivity index (χ1) is 65.0. The van der Waals surface area contributed by atoms with E-state index in [0.29, 0.717) is 71.9 Å². The number of esters is 2. The summed E-state index contributed by atoms with van der Waals surface area (Å²) in [6.07, 6.45) is 14.1. The molecular formula is C125H160O10S. The molecule has 0 N–H and O–H groups in total. The Balaban J connectivity index is 0.000000206. The van der Waals surface area contributed by atoms with Crippen LogP contribution in [0.2, 0.25) is 0 Å². The van der Waals surface area contributed by atoms with E-state index in [0.717, 1.165) is 108 Å². The summed E-state index contributed by atoms with van der Waals surface area (Å²) < 4.78 is 42.5. The molecule has 0 unspecified atom stereocenters. The maximum absolute atomic E-state index is 11.6. The lowest BCUT2D eigenvalue weighted by molar-refractivity contribution is 0.0498. The van der Waals surface area contributed by atoms with Crippen LogP contribution in [0.5, 0.6) is 34.5 Å². The number of hydrogen-bond donors (Lipinski definition) is 0. The van der Waals surface area contributed by atoms with Crippen LogP contribution in [-0.4, -0.2) is 39.1 Å². The molecule has 136 heavy (non-hydrogen) atoms. The van der Waals surface area contributed by atoms with Crippen molar-refractivity contribution in [1.82, 2.24) is 0 Å². The lowest BCUT2D eigenvalue weighted by atomic mass is 9.85. The first-order valence-electron chi connectivity index (χ1n) is 49.5. The molecule has 2 aliphatic heterocycles. The van der Waals surface area contributed by atoms with Gasteiger partial charge in [0, 0.05) is 10.4 Å². The zero-order chi connectivity index (χ0) is 97.6. The maximum atomic E-state index is 11.6. The summed E-state index contributed by atoms with van der Waals surface area (Å²) >= 11 is 1.86. The second kappa shape index (κ2) is 60.2. The van der Waals surface area contributed by atoms with Gasteiger partial charge in [-0.25, -0.2) is 9.59 Å². The number of thiophene rings is 1. The van der Waals surface area contributed by atoms with Crippen LogP contribution in [0, 0.1) is 17.8 Å². The Kier molecular flexibility index (Phi) is 49.3. The first-order valence-corrected chi connectivity index (χ1v) is 50.4. The van der Waals surface area contributed by atoms with Crippen LogP contribution in [0.4, 0.5) is 0 Å². The van der Waals surface area contributed by atoms with E-state index in [9.17, 15) is 9.59 Å². The van der Waals surface area contributed by atoms with Crippen LogP contribution in [0.15, 0.2) is 307 Å². The number of fused-ring (bicyclic) bond motifs is 3. The van der Waals surface area contributed by atoms with Gasteiger partial charge in [-0.3, -0.25) is 0 Å². The van der Waals surface area contributed by atoms with Gasteiger partial charge in [0.25, 0.3) is 0 Å². The Morgan fingerprint density at radius 3 is 1.51 bits per heavy atom. The Hall–Kier alpha value is -11.5. The van der Waals surface area contributed by atoms with Gasteiger partial charge in [-0.1, -0.05) is 353 Å². The van der Waals surface area contributed by atoms with E-state index >= 15 is 0 Å². The predicted octanol–water partition coefficient (Wildman–Crippen LogP) is 36.2. The normalized spacial score (nSPS) is 13.3. The summed E-state index contributed by atoms with van der Waals surface area (Å²) in [5.41, 5.74) is 20.7. The Morgan fingerprint density at radius 2 is 0.956 bits per heavy atom. The minimum Gasteiger partial charge on any atom is -0.465 e. The van der Waals surface area contributed by atoms with Crippen molar-refractivity contribution in [3.8, 4) is 45.8 Å². The number of aryl methyl sites for hydroxylation is 2. The standard InChI is InChI=1S/2C15H16O.C14H20O2.C13H14O.C13H18.C12H16O.C12H16.C11H14O2.C10H12O2.C9H14S.CH4/c1-12(2)14-10-6-7-11-15(14)16-13-8-4-3-5-9-13;1-12(2)13-8-10-15(11-9-13)16-14-6-4-3-5-7-14;1-4-5-10-16-14(15)13-8-6-12(7-9-13)11(2)3;1-10(2)11-5-7-12(8-6-11)13-4-3-9-14-13;1-10(2)12-9-5-7-11-6-3-4-8-13(11)12;1-9(2)10-3-4-12-8-13-6-5-11(12)7-10;1-9(2)11-8-12(11)10-6-4-3-5-7-10;1-8(2)9-5-4-6-10(7-9)11(12)13-3;1-7(2)8-3-4-9-10(5-8)12-6-11-9;1-8(2)5-6-9-4-3-7-10-9;/h2*3-12H,1-2H3;6-9,11H,4-5,10H2,1-3H3;3-10H,1-2H3;5,7,9-10H,3-4,6,8H2,1-2H3;3-4,7,9H,5-6,8H2,1-2H3;3-7,9,11-12H,8H2,1-2H3;4-8H,1-3H3;3-5,7H,6H2,1-2H3;3-4,7-8H,5-6H2,1-2H3;1H4/t;;;;;;11-,12-;;;;/m......0..../s1. The second-order valence-corrected chi connectivity index (χ2v) is 39.3. The summed E-state index contributed by atoms with van der Waals surface area (Å²) in [7, 11) is 1.39. The highest BCUT2D eigenvalue weighted by atomic mass is 32.1. The van der Waals surface area contributed by atoms with Gasteiger partial charge >= 0.3 is 11.9 Å². The fraction of sp³-hybridized carbons (Fsp3) is 0.392. The van der Waals surface area contributed by atoms with Gasteiger partial charge in [0.15, 0.2) is 11.5 Å². The van der Waals surface area contributed by atoms with Gasteiger partial charge in [0.05, 0.1) is 44.3 Å². The Bertz CT molecular complexity index is 5430. The van der Waals surface area contributed by atoms with Crippen molar-refractivity contribution in [1.29, 1.82) is 0 Å². The zero-order valence-corrected chi connectivity index (χ0v) is 86.0. The molecule has 2 aliphatic carbocycles. The quantitative estimate of drug-likeness (QED) is 0.0453. The van der Waals surface area contributed by atoms with E-state index in [1.165, 1.54) is 107 Å². The van der Waals surface area contributed by atoms with Crippen LogP contribution in [0.1, 0.15) is 343 Å². The number of para-hydroxylation sites is 3. The van der Waals surface area contributed by atoms with Gasteiger partial charge in [0.2, 0.25) is 6.79 Å². The molecule has 0 amide bonds. The van der Waals surface area contributed by atoms with E-state index in [4.69, 9.17) is 32.8 Å². The lowest BCUT2D eigenvalue weighted by Crippen LogP contribution is -2.10. The molecule has 1 saturated carbocycles. The minimum atomic E-state index is -0.275. The fourth-order valence-electron chi connectivity index (χ4n) is 15.5. The number of carbonyl (C=O) groups is 2. The van der Waals surface area contributed by atoms with Gasteiger partial charge < -0.3 is 37.6 Å². The molecule has 0 saturated heterocycles. The third kappa shape index (κ3) is 38.9. The van der Waals surface area contributed by atoms with Crippen molar-refractivity contribution >= 4 is 23.3 Å². The number of carbonyl (C=O) groups excluding carboxylic acids is 2. The number of hydrogen-bond acceptors (Lipinski definition) is 11. The number of methoxy groups -OCH3 is 1. The number of ether oxygens (including phenoxy) is 7. The van der Waals surface area contributed by atoms with Crippen molar-refractivity contribution in [2.75, 3.05) is 27.1 Å². The van der Waals surface area contributed by atoms with Gasteiger partial charge in [-0.05, 0) is 304 Å². The SMILES string of the molecule is C.CC(C)CCc1cccs1.CC(C)[C@@H]1C[C@H]1c1ccccc1.CC(C)c1ccc(-c2ccco2)cc1.CC(C)c1ccc(Oc2ccccc2)cc1.CC(C)c1ccc2c(c1)CCOC2.CC(C)c1ccc2c(c1)OCO2.CC(C)c1cccc2c1CCCC2.CC(C)c1ccccc1Oc1ccccc1.CCCCOC(=O)c1ccc(C(C)C)cc1.COC(=O)c1cccc(C(C)C)c1. The van der Waals surface area contributed by atoms with E-state index in [1.54, 1.807) is 29.0 Å². The fourth-order valence-corrected chi connectivity index (χ4v) is 16.2. The van der Waals surface area contributed by atoms with Gasteiger partial charge in [-0.15, -0.1) is 11.3 Å². The van der Waals surface area contributed by atoms with Crippen LogP contribution in [0.25, 0.3) is 11.3 Å². The molecule has 0 radical (unpaired) electrons. The smallest absolute Gasteiger partial charge is 0.338 e. The molecule has 4 heterocycles. The number of unbranched alkanes of at least 4 members (excludes halogenated alkanes) is 1. The summed E-state index contributed by atoms with van der Waals surface area (Å²) in [6, 6.07) is 98.7. The predicted molar refractivity (Wildman–Crippen MR) is 574 cm³/mol. The number of rotatable bonds is 23.